The summed E-state index contributed by atoms with van der Waals surface area (Å²) in [7, 11) is 0. The fourth-order valence-corrected chi connectivity index (χ4v) is 3.39. The van der Waals surface area contributed by atoms with Crippen molar-refractivity contribution in [2.24, 2.45) is 5.92 Å². The third-order valence-electron chi connectivity index (χ3n) is 4.68. The highest BCUT2D eigenvalue weighted by molar-refractivity contribution is 5.81. The maximum atomic E-state index is 12.5. The van der Waals surface area contributed by atoms with Crippen LogP contribution in [-0.2, 0) is 0 Å². The largest absolute Gasteiger partial charge is 0.369 e. The molecule has 0 atom stereocenters. The Morgan fingerprint density at radius 2 is 1.79 bits per heavy atom. The van der Waals surface area contributed by atoms with Gasteiger partial charge in [0.25, 0.3) is 5.56 Å². The van der Waals surface area contributed by atoms with Crippen LogP contribution >= 0.6 is 0 Å². The minimum absolute atomic E-state index is 0.0447. The molecular weight excluding hydrogens is 300 g/mol. The maximum Gasteiger partial charge on any atom is 0.261 e. The Morgan fingerprint density at radius 1 is 1.08 bits per heavy atom. The highest BCUT2D eigenvalue weighted by Crippen LogP contribution is 2.21. The zero-order valence-electron chi connectivity index (χ0n) is 15.2. The second-order valence-electron chi connectivity index (χ2n) is 7.43. The molecule has 2 heterocycles. The molecule has 0 aliphatic carbocycles. The van der Waals surface area contributed by atoms with Gasteiger partial charge in [-0.05, 0) is 38.0 Å². The summed E-state index contributed by atoms with van der Waals surface area (Å²) in [6.07, 6.45) is 1.67. The third-order valence-corrected chi connectivity index (χ3v) is 4.68. The molecule has 0 unspecified atom stereocenters. The van der Waals surface area contributed by atoms with E-state index in [-0.39, 0.29) is 11.6 Å². The molecule has 0 radical (unpaired) electrons. The molecule has 1 aromatic carbocycles. The van der Waals surface area contributed by atoms with E-state index in [0.717, 1.165) is 31.7 Å². The van der Waals surface area contributed by atoms with Gasteiger partial charge in [-0.1, -0.05) is 13.8 Å². The molecule has 0 N–H and O–H groups in total. The van der Waals surface area contributed by atoms with E-state index in [2.05, 4.69) is 40.8 Å². The Labute approximate surface area is 143 Å². The molecule has 0 saturated carbocycles. The van der Waals surface area contributed by atoms with Crippen LogP contribution in [0.4, 0.5) is 5.69 Å². The fraction of sp³-hybridized carbons (Fsp3) is 0.579. The molecule has 1 saturated heterocycles. The summed E-state index contributed by atoms with van der Waals surface area (Å²) in [5.41, 5.74) is 2.00. The van der Waals surface area contributed by atoms with Crippen LogP contribution < -0.4 is 10.5 Å². The standard InChI is InChI=1S/C19H28N4O/c1-14(2)12-21-7-9-22(10-8-21)16-5-6-17-18(11-16)20-13-23(15(3)4)19(17)24/h5-6,11,13-15H,7-10,12H2,1-4H3. The summed E-state index contributed by atoms with van der Waals surface area (Å²) in [5.74, 6) is 0.713. The first-order valence-electron chi connectivity index (χ1n) is 8.94. The minimum Gasteiger partial charge on any atom is -0.369 e. The number of fused-ring (bicyclic) bond motifs is 1. The Hall–Kier alpha value is -1.88. The van der Waals surface area contributed by atoms with Crippen LogP contribution in [0.2, 0.25) is 0 Å². The van der Waals surface area contributed by atoms with E-state index >= 15 is 0 Å². The Kier molecular flexibility index (Phi) is 4.90. The molecule has 3 rings (SSSR count). The van der Waals surface area contributed by atoms with Crippen molar-refractivity contribution in [1.29, 1.82) is 0 Å². The molecule has 24 heavy (non-hydrogen) atoms. The number of aromatic nitrogens is 2. The average molecular weight is 328 g/mol. The van der Waals surface area contributed by atoms with Crippen molar-refractivity contribution in [3.05, 3.63) is 34.9 Å². The molecule has 0 spiro atoms. The van der Waals surface area contributed by atoms with Crippen molar-refractivity contribution in [2.75, 3.05) is 37.6 Å². The van der Waals surface area contributed by atoms with Crippen LogP contribution in [0.3, 0.4) is 0 Å². The van der Waals surface area contributed by atoms with Crippen molar-refractivity contribution >= 4 is 16.6 Å². The minimum atomic E-state index is 0.0447. The van der Waals surface area contributed by atoms with E-state index in [1.807, 2.05) is 19.9 Å². The lowest BCUT2D eigenvalue weighted by Crippen LogP contribution is -2.47. The molecule has 0 bridgehead atoms. The van der Waals surface area contributed by atoms with Crippen LogP contribution in [0.25, 0.3) is 10.9 Å². The van der Waals surface area contributed by atoms with Gasteiger partial charge in [-0.3, -0.25) is 14.3 Å². The van der Waals surface area contributed by atoms with Crippen molar-refractivity contribution in [2.45, 2.75) is 33.7 Å². The molecule has 0 amide bonds. The topological polar surface area (TPSA) is 41.4 Å². The monoisotopic (exact) mass is 328 g/mol. The Balaban J connectivity index is 1.80. The lowest BCUT2D eigenvalue weighted by molar-refractivity contribution is 0.231. The normalized spacial score (nSPS) is 16.5. The quantitative estimate of drug-likeness (QED) is 0.865. The van der Waals surface area contributed by atoms with Gasteiger partial charge in [0.1, 0.15) is 0 Å². The van der Waals surface area contributed by atoms with Gasteiger partial charge in [0.05, 0.1) is 17.2 Å². The SMILES string of the molecule is CC(C)CN1CCN(c2ccc3c(=O)n(C(C)C)cnc3c2)CC1. The van der Waals surface area contributed by atoms with Crippen LogP contribution in [0.1, 0.15) is 33.7 Å². The van der Waals surface area contributed by atoms with E-state index in [1.54, 1.807) is 10.9 Å². The smallest absolute Gasteiger partial charge is 0.261 e. The summed E-state index contributed by atoms with van der Waals surface area (Å²) in [6, 6.07) is 6.18. The van der Waals surface area contributed by atoms with E-state index in [9.17, 15) is 4.79 Å². The number of hydrogen-bond acceptors (Lipinski definition) is 4. The van der Waals surface area contributed by atoms with E-state index in [1.165, 1.54) is 12.2 Å². The lowest BCUT2D eigenvalue weighted by Gasteiger charge is -2.36. The zero-order valence-corrected chi connectivity index (χ0v) is 15.2. The second-order valence-corrected chi connectivity index (χ2v) is 7.43. The molecule has 5 heteroatoms. The van der Waals surface area contributed by atoms with Crippen molar-refractivity contribution < 1.29 is 0 Å². The molecule has 1 aliphatic heterocycles. The number of hydrogen-bond donors (Lipinski definition) is 0. The van der Waals surface area contributed by atoms with Gasteiger partial charge in [-0.15, -0.1) is 0 Å². The molecule has 2 aromatic rings. The molecule has 130 valence electrons. The molecule has 1 aromatic heterocycles. The Morgan fingerprint density at radius 3 is 2.42 bits per heavy atom. The second kappa shape index (κ2) is 6.93. The van der Waals surface area contributed by atoms with Gasteiger partial charge in [-0.25, -0.2) is 4.98 Å². The summed E-state index contributed by atoms with van der Waals surface area (Å²) >= 11 is 0. The number of benzene rings is 1. The van der Waals surface area contributed by atoms with Crippen molar-refractivity contribution in [3.8, 4) is 0 Å². The van der Waals surface area contributed by atoms with Crippen LogP contribution in [0.5, 0.6) is 0 Å². The van der Waals surface area contributed by atoms with Crippen LogP contribution in [0.15, 0.2) is 29.3 Å². The highest BCUT2D eigenvalue weighted by atomic mass is 16.1. The highest BCUT2D eigenvalue weighted by Gasteiger charge is 2.18. The van der Waals surface area contributed by atoms with Crippen LogP contribution in [0, 0.1) is 5.92 Å². The average Bonchev–Trinajstić information content (AvgIpc) is 2.54. The summed E-state index contributed by atoms with van der Waals surface area (Å²) in [6.45, 7) is 14.0. The first kappa shape index (κ1) is 17.0. The zero-order chi connectivity index (χ0) is 17.3. The summed E-state index contributed by atoms with van der Waals surface area (Å²) in [4.78, 5) is 21.9. The number of rotatable bonds is 4. The molecular formula is C19H28N4O. The van der Waals surface area contributed by atoms with Gasteiger partial charge < -0.3 is 4.90 Å². The molecule has 5 nitrogen and oxygen atoms in total. The predicted octanol–water partition coefficient (Wildman–Crippen LogP) is 2.76. The van der Waals surface area contributed by atoms with Crippen LogP contribution in [-0.4, -0.2) is 47.2 Å². The van der Waals surface area contributed by atoms with Gasteiger partial charge in [0.2, 0.25) is 0 Å². The third kappa shape index (κ3) is 3.46. The van der Waals surface area contributed by atoms with Gasteiger partial charge in [0, 0.05) is 44.5 Å². The van der Waals surface area contributed by atoms with Crippen molar-refractivity contribution in [3.63, 3.8) is 0 Å². The first-order valence-corrected chi connectivity index (χ1v) is 8.94. The van der Waals surface area contributed by atoms with E-state index < -0.39 is 0 Å². The summed E-state index contributed by atoms with van der Waals surface area (Å²) < 4.78 is 1.69. The number of piperazine rings is 1. The summed E-state index contributed by atoms with van der Waals surface area (Å²) in [5, 5.41) is 0.702. The Bertz CT molecular complexity index is 758. The maximum absolute atomic E-state index is 12.5. The first-order chi connectivity index (χ1) is 11.5. The van der Waals surface area contributed by atoms with Gasteiger partial charge in [-0.2, -0.15) is 0 Å². The number of nitrogens with zero attached hydrogens (tertiary/aromatic N) is 4. The van der Waals surface area contributed by atoms with Crippen molar-refractivity contribution in [1.82, 2.24) is 14.5 Å². The van der Waals surface area contributed by atoms with E-state index in [0.29, 0.717) is 11.3 Å². The van der Waals surface area contributed by atoms with Gasteiger partial charge in [0.15, 0.2) is 0 Å². The van der Waals surface area contributed by atoms with E-state index in [4.69, 9.17) is 0 Å². The number of anilines is 1. The van der Waals surface area contributed by atoms with Gasteiger partial charge >= 0.3 is 0 Å². The molecule has 1 fully saturated rings. The fourth-order valence-electron chi connectivity index (χ4n) is 3.39. The lowest BCUT2D eigenvalue weighted by atomic mass is 10.1. The predicted molar refractivity (Wildman–Crippen MR) is 99.9 cm³/mol. The molecule has 1 aliphatic rings.